The van der Waals surface area contributed by atoms with Crippen molar-refractivity contribution in [1.82, 2.24) is 24.6 Å². The Balaban J connectivity index is 1.32. The Morgan fingerprint density at radius 3 is 2.81 bits per heavy atom. The number of pyridine rings is 2. The molecular formula is C26H29N5O. The van der Waals surface area contributed by atoms with Gasteiger partial charge in [0.2, 0.25) is 0 Å². The summed E-state index contributed by atoms with van der Waals surface area (Å²) in [5.41, 5.74) is 6.69. The summed E-state index contributed by atoms with van der Waals surface area (Å²) >= 11 is 0. The Morgan fingerprint density at radius 1 is 1.16 bits per heavy atom. The number of H-pyrrole nitrogens is 1. The summed E-state index contributed by atoms with van der Waals surface area (Å²) in [7, 11) is 0. The molecular weight excluding hydrogens is 398 g/mol. The van der Waals surface area contributed by atoms with Crippen molar-refractivity contribution in [2.24, 2.45) is 5.92 Å². The lowest BCUT2D eigenvalue weighted by Gasteiger charge is -2.32. The van der Waals surface area contributed by atoms with Crippen LogP contribution in [-0.2, 0) is 25.9 Å². The predicted molar refractivity (Wildman–Crippen MR) is 126 cm³/mol. The number of rotatable bonds is 5. The second-order valence-corrected chi connectivity index (χ2v) is 9.46. The molecule has 0 amide bonds. The number of likely N-dealkylation sites (tertiary alicyclic amines) is 1. The average molecular weight is 428 g/mol. The topological polar surface area (TPSA) is 66.8 Å². The molecule has 0 spiro atoms. The quantitative estimate of drug-likeness (QED) is 0.671. The number of piperidine rings is 1. The van der Waals surface area contributed by atoms with Crippen LogP contribution in [0.3, 0.4) is 0 Å². The van der Waals surface area contributed by atoms with Crippen LogP contribution in [0, 0.1) is 5.92 Å². The van der Waals surface area contributed by atoms with E-state index in [-0.39, 0.29) is 5.56 Å². The maximum Gasteiger partial charge on any atom is 0.253 e. The van der Waals surface area contributed by atoms with Gasteiger partial charge in [-0.2, -0.15) is 5.10 Å². The molecule has 1 unspecified atom stereocenters. The normalized spacial score (nSPS) is 20.8. The minimum atomic E-state index is 0.0832. The molecule has 1 saturated heterocycles. The molecule has 32 heavy (non-hydrogen) atoms. The maximum absolute atomic E-state index is 12.9. The molecule has 3 aromatic rings. The molecule has 0 aromatic carbocycles. The Bertz CT molecular complexity index is 1270. The van der Waals surface area contributed by atoms with Crippen LogP contribution in [0.25, 0.3) is 16.6 Å². The standard InChI is InChI=1S/C26H29N5O/c32-26-22-11-2-1-10-21(22)23-24(20-8-3-9-20)29-31(25(23)28-26)17-19-7-5-13-30(16-19)15-18-6-4-12-27-14-18/h3-4,6,8-9,12,14,19H,1-2,5,7,10-11,13,15-17H2,(H,28,32). The largest absolute Gasteiger partial charge is 0.307 e. The summed E-state index contributed by atoms with van der Waals surface area (Å²) in [6.07, 6.45) is 16.6. The smallest absolute Gasteiger partial charge is 0.253 e. The fourth-order valence-corrected chi connectivity index (χ4v) is 5.61. The van der Waals surface area contributed by atoms with Crippen molar-refractivity contribution in [3.05, 3.63) is 75.5 Å². The molecule has 4 heterocycles. The highest BCUT2D eigenvalue weighted by molar-refractivity contribution is 5.96. The highest BCUT2D eigenvalue weighted by atomic mass is 16.1. The number of allylic oxidation sites excluding steroid dienone is 4. The molecule has 1 fully saturated rings. The summed E-state index contributed by atoms with van der Waals surface area (Å²) in [5.74, 6) is 0.516. The number of aryl methyl sites for hydroxylation is 1. The van der Waals surface area contributed by atoms with Crippen LogP contribution in [-0.4, -0.2) is 37.7 Å². The van der Waals surface area contributed by atoms with Crippen molar-refractivity contribution in [3.8, 4) is 0 Å². The van der Waals surface area contributed by atoms with Crippen molar-refractivity contribution >= 4 is 16.6 Å². The summed E-state index contributed by atoms with van der Waals surface area (Å²) < 4.78 is 2.09. The molecule has 164 valence electrons. The minimum absolute atomic E-state index is 0.0832. The Kier molecular flexibility index (Phi) is 5.02. The Morgan fingerprint density at radius 2 is 2.03 bits per heavy atom. The first-order valence-corrected chi connectivity index (χ1v) is 11.9. The SMILES string of the molecule is O=c1[nH]c2c(c(C3=CC=C3)nn2CC2CCCN(Cc3cccnc3)C2)c2c1CCCC2. The Labute approximate surface area is 187 Å². The van der Waals surface area contributed by atoms with Crippen LogP contribution >= 0.6 is 0 Å². The van der Waals surface area contributed by atoms with Crippen LogP contribution in [0.5, 0.6) is 0 Å². The third-order valence-corrected chi connectivity index (χ3v) is 7.22. The molecule has 0 saturated carbocycles. The van der Waals surface area contributed by atoms with E-state index in [0.29, 0.717) is 5.92 Å². The van der Waals surface area contributed by atoms with E-state index in [4.69, 9.17) is 5.10 Å². The van der Waals surface area contributed by atoms with Gasteiger partial charge in [0.15, 0.2) is 0 Å². The Hall–Kier alpha value is -2.99. The summed E-state index contributed by atoms with van der Waals surface area (Å²) in [4.78, 5) is 22.9. The first-order chi connectivity index (χ1) is 15.8. The van der Waals surface area contributed by atoms with Gasteiger partial charge >= 0.3 is 0 Å². The van der Waals surface area contributed by atoms with Crippen molar-refractivity contribution in [3.63, 3.8) is 0 Å². The first kappa shape index (κ1) is 19.7. The number of fused-ring (bicyclic) bond motifs is 3. The number of nitrogens with zero attached hydrogens (tertiary/aromatic N) is 4. The molecule has 3 aliphatic rings. The van der Waals surface area contributed by atoms with Crippen molar-refractivity contribution in [2.45, 2.75) is 51.6 Å². The molecule has 1 N–H and O–H groups in total. The van der Waals surface area contributed by atoms with Gasteiger partial charge in [-0.3, -0.25) is 14.7 Å². The average Bonchev–Trinajstić information content (AvgIpc) is 3.11. The third kappa shape index (κ3) is 3.52. The fourth-order valence-electron chi connectivity index (χ4n) is 5.61. The van der Waals surface area contributed by atoms with Crippen LogP contribution in [0.4, 0.5) is 0 Å². The van der Waals surface area contributed by atoms with Gasteiger partial charge < -0.3 is 4.98 Å². The van der Waals surface area contributed by atoms with Gasteiger partial charge in [-0.25, -0.2) is 4.68 Å². The van der Waals surface area contributed by atoms with Crippen LogP contribution in [0.15, 0.2) is 47.5 Å². The summed E-state index contributed by atoms with van der Waals surface area (Å²) in [6.45, 7) is 3.95. The molecule has 1 atom stereocenters. The molecule has 1 aliphatic heterocycles. The summed E-state index contributed by atoms with van der Waals surface area (Å²) in [5, 5.41) is 6.24. The van der Waals surface area contributed by atoms with E-state index < -0.39 is 0 Å². The summed E-state index contributed by atoms with van der Waals surface area (Å²) in [6, 6.07) is 4.16. The van der Waals surface area contributed by atoms with E-state index in [1.807, 2.05) is 18.5 Å². The van der Waals surface area contributed by atoms with E-state index in [2.05, 4.69) is 43.8 Å². The van der Waals surface area contributed by atoms with Crippen molar-refractivity contribution < 1.29 is 0 Å². The lowest BCUT2D eigenvalue weighted by molar-refractivity contribution is 0.154. The minimum Gasteiger partial charge on any atom is -0.307 e. The number of hydrogen-bond donors (Lipinski definition) is 1. The molecule has 2 aliphatic carbocycles. The molecule has 0 bridgehead atoms. The van der Waals surface area contributed by atoms with E-state index in [9.17, 15) is 4.79 Å². The zero-order valence-electron chi connectivity index (χ0n) is 18.4. The third-order valence-electron chi connectivity index (χ3n) is 7.22. The molecule has 6 heteroatoms. The van der Waals surface area contributed by atoms with E-state index in [1.165, 1.54) is 34.9 Å². The van der Waals surface area contributed by atoms with Crippen LogP contribution in [0.2, 0.25) is 0 Å². The second kappa shape index (κ2) is 8.17. The number of nitrogens with one attached hydrogen (secondary N) is 1. The van der Waals surface area contributed by atoms with E-state index in [1.54, 1.807) is 0 Å². The monoisotopic (exact) mass is 427 g/mol. The molecule has 3 aromatic heterocycles. The van der Waals surface area contributed by atoms with Crippen molar-refractivity contribution in [2.75, 3.05) is 13.1 Å². The molecule has 0 radical (unpaired) electrons. The van der Waals surface area contributed by atoms with Gasteiger partial charge in [0, 0.05) is 48.6 Å². The predicted octanol–water partition coefficient (Wildman–Crippen LogP) is 3.86. The van der Waals surface area contributed by atoms with Gasteiger partial charge in [0.25, 0.3) is 5.56 Å². The number of aromatic amines is 1. The maximum atomic E-state index is 12.9. The van der Waals surface area contributed by atoms with Gasteiger partial charge in [-0.05, 0) is 68.2 Å². The lowest BCUT2D eigenvalue weighted by atomic mass is 9.89. The van der Waals surface area contributed by atoms with Gasteiger partial charge in [-0.15, -0.1) is 0 Å². The fraction of sp³-hybridized carbons (Fsp3) is 0.423. The first-order valence-electron chi connectivity index (χ1n) is 11.9. The van der Waals surface area contributed by atoms with E-state index in [0.717, 1.165) is 68.8 Å². The van der Waals surface area contributed by atoms with E-state index >= 15 is 0 Å². The zero-order valence-corrected chi connectivity index (χ0v) is 18.4. The molecule has 6 rings (SSSR count). The van der Waals surface area contributed by atoms with Crippen LogP contribution in [0.1, 0.15) is 48.1 Å². The highest BCUT2D eigenvalue weighted by Gasteiger charge is 2.26. The van der Waals surface area contributed by atoms with Gasteiger partial charge in [0.1, 0.15) is 11.3 Å². The molecule has 6 nitrogen and oxygen atoms in total. The number of hydrogen-bond acceptors (Lipinski definition) is 4. The van der Waals surface area contributed by atoms with Crippen LogP contribution < -0.4 is 5.56 Å². The number of aromatic nitrogens is 4. The highest BCUT2D eigenvalue weighted by Crippen LogP contribution is 2.34. The zero-order chi connectivity index (χ0) is 21.5. The van der Waals surface area contributed by atoms with Gasteiger partial charge in [0.05, 0.1) is 0 Å². The second-order valence-electron chi connectivity index (χ2n) is 9.46. The van der Waals surface area contributed by atoms with Crippen molar-refractivity contribution in [1.29, 1.82) is 0 Å². The lowest BCUT2D eigenvalue weighted by Crippen LogP contribution is -2.36. The van der Waals surface area contributed by atoms with Gasteiger partial charge in [-0.1, -0.05) is 24.3 Å².